The van der Waals surface area contributed by atoms with Crippen LogP contribution in [0.25, 0.3) is 11.2 Å². The standard InChI is InChI=1S/C24H25N7O3/c25-20-7-6-15(13-26-20)16-2-1-3-17(27-16)23(32)28-18-12-19-22(29-21(18)14-4-5-14)30-24(34-19)31-8-10-33-11-9-31/h1-3,6-7,12-14,16,27H,4-5,8-11H2,(H2,25,26)(H,28,32). The molecule has 2 aliphatic heterocycles. The largest absolute Gasteiger partial charge is 0.422 e. The van der Waals surface area contributed by atoms with E-state index in [4.69, 9.17) is 19.9 Å². The van der Waals surface area contributed by atoms with Gasteiger partial charge in [-0.25, -0.2) is 9.97 Å². The van der Waals surface area contributed by atoms with Crippen molar-refractivity contribution in [2.45, 2.75) is 24.8 Å². The number of hydrogen-bond acceptors (Lipinski definition) is 9. The van der Waals surface area contributed by atoms with Crippen molar-refractivity contribution in [2.75, 3.05) is 42.3 Å². The summed E-state index contributed by atoms with van der Waals surface area (Å²) >= 11 is 0. The molecular formula is C24H25N7O3. The fourth-order valence-electron chi connectivity index (χ4n) is 4.18. The minimum absolute atomic E-state index is 0.173. The predicted octanol–water partition coefficient (Wildman–Crippen LogP) is 2.64. The van der Waals surface area contributed by atoms with Crippen LogP contribution in [-0.2, 0) is 9.53 Å². The quantitative estimate of drug-likeness (QED) is 0.527. The Morgan fingerprint density at radius 3 is 2.82 bits per heavy atom. The molecule has 1 aliphatic carbocycles. The van der Waals surface area contributed by atoms with Crippen LogP contribution >= 0.6 is 0 Å². The molecule has 6 rings (SSSR count). The molecule has 0 spiro atoms. The zero-order chi connectivity index (χ0) is 23.1. The smallest absolute Gasteiger partial charge is 0.300 e. The van der Waals surface area contributed by atoms with Gasteiger partial charge in [-0.1, -0.05) is 18.2 Å². The summed E-state index contributed by atoms with van der Waals surface area (Å²) in [5.74, 6) is 0.537. The molecular weight excluding hydrogens is 434 g/mol. The zero-order valence-corrected chi connectivity index (χ0v) is 18.5. The number of fused-ring (bicyclic) bond motifs is 1. The normalized spacial score (nSPS) is 20.2. The number of oxazole rings is 1. The van der Waals surface area contributed by atoms with E-state index in [0.717, 1.165) is 37.2 Å². The molecule has 34 heavy (non-hydrogen) atoms. The van der Waals surface area contributed by atoms with Gasteiger partial charge in [0.25, 0.3) is 11.9 Å². The average Bonchev–Trinajstić information content (AvgIpc) is 3.63. The molecule has 1 unspecified atom stereocenters. The number of allylic oxidation sites excluding steroid dienone is 2. The molecule has 3 aromatic heterocycles. The lowest BCUT2D eigenvalue weighted by atomic mass is 10.1. The number of nitrogens with two attached hydrogens (primary N) is 1. The number of dihydropyridines is 1. The highest BCUT2D eigenvalue weighted by molar-refractivity contribution is 6.04. The molecule has 0 bridgehead atoms. The number of morpholine rings is 1. The first kappa shape index (κ1) is 20.7. The number of aromatic nitrogens is 3. The highest BCUT2D eigenvalue weighted by Crippen LogP contribution is 2.43. The third-order valence-corrected chi connectivity index (χ3v) is 6.19. The summed E-state index contributed by atoms with van der Waals surface area (Å²) in [6.45, 7) is 2.74. The molecule has 1 saturated carbocycles. The van der Waals surface area contributed by atoms with Gasteiger partial charge in [0, 0.05) is 31.3 Å². The summed E-state index contributed by atoms with van der Waals surface area (Å²) < 4.78 is 11.4. The highest BCUT2D eigenvalue weighted by atomic mass is 16.5. The Kier molecular flexibility index (Phi) is 5.14. The first-order chi connectivity index (χ1) is 16.6. The molecule has 10 heteroatoms. The molecule has 1 saturated heterocycles. The molecule has 4 N–H and O–H groups in total. The summed E-state index contributed by atoms with van der Waals surface area (Å²) in [5, 5.41) is 6.31. The maximum atomic E-state index is 13.2. The number of hydrogen-bond donors (Lipinski definition) is 3. The van der Waals surface area contributed by atoms with Crippen LogP contribution in [0, 0.1) is 0 Å². The van der Waals surface area contributed by atoms with Crippen molar-refractivity contribution in [1.29, 1.82) is 0 Å². The second-order valence-corrected chi connectivity index (χ2v) is 8.67. The van der Waals surface area contributed by atoms with Crippen molar-refractivity contribution in [3.8, 4) is 0 Å². The van der Waals surface area contributed by atoms with Gasteiger partial charge in [0.15, 0.2) is 5.58 Å². The van der Waals surface area contributed by atoms with E-state index in [2.05, 4.69) is 25.5 Å². The number of carbonyl (C=O) groups is 1. The lowest BCUT2D eigenvalue weighted by Crippen LogP contribution is -2.36. The lowest BCUT2D eigenvalue weighted by Gasteiger charge is -2.24. The van der Waals surface area contributed by atoms with Crippen LogP contribution in [0.1, 0.15) is 36.1 Å². The van der Waals surface area contributed by atoms with E-state index in [0.29, 0.717) is 53.6 Å². The van der Waals surface area contributed by atoms with Gasteiger partial charge >= 0.3 is 0 Å². The van der Waals surface area contributed by atoms with E-state index < -0.39 is 0 Å². The van der Waals surface area contributed by atoms with Crippen molar-refractivity contribution in [2.24, 2.45) is 0 Å². The Hall–Kier alpha value is -3.92. The van der Waals surface area contributed by atoms with Crippen molar-refractivity contribution < 1.29 is 13.9 Å². The second-order valence-electron chi connectivity index (χ2n) is 8.67. The Morgan fingerprint density at radius 1 is 1.21 bits per heavy atom. The van der Waals surface area contributed by atoms with Crippen LogP contribution in [0.4, 0.5) is 17.5 Å². The number of nitrogens with zero attached hydrogens (tertiary/aromatic N) is 4. The molecule has 10 nitrogen and oxygen atoms in total. The number of anilines is 3. The molecule has 3 aliphatic rings. The minimum atomic E-state index is -0.242. The number of pyridine rings is 2. The van der Waals surface area contributed by atoms with Gasteiger partial charge in [-0.05, 0) is 30.5 Å². The van der Waals surface area contributed by atoms with Crippen LogP contribution in [0.3, 0.4) is 0 Å². The third-order valence-electron chi connectivity index (χ3n) is 6.19. The fourth-order valence-corrected chi connectivity index (χ4v) is 4.18. The summed E-state index contributed by atoms with van der Waals surface area (Å²) in [6, 6.07) is 5.84. The number of carbonyl (C=O) groups excluding carboxylic acids is 1. The molecule has 5 heterocycles. The van der Waals surface area contributed by atoms with E-state index in [1.165, 1.54) is 0 Å². The molecule has 1 atom stereocenters. The monoisotopic (exact) mass is 459 g/mol. The Bertz CT molecular complexity index is 1290. The number of nitrogen functional groups attached to an aromatic ring is 1. The van der Waals surface area contributed by atoms with Crippen LogP contribution in [-0.4, -0.2) is 47.2 Å². The summed E-state index contributed by atoms with van der Waals surface area (Å²) in [5.41, 5.74) is 9.70. The van der Waals surface area contributed by atoms with Crippen LogP contribution in [0.2, 0.25) is 0 Å². The van der Waals surface area contributed by atoms with Crippen molar-refractivity contribution in [3.63, 3.8) is 0 Å². The fraction of sp³-hybridized carbons (Fsp3) is 0.333. The van der Waals surface area contributed by atoms with Gasteiger partial charge in [0.1, 0.15) is 11.5 Å². The minimum Gasteiger partial charge on any atom is -0.422 e. The van der Waals surface area contributed by atoms with Crippen LogP contribution in [0.5, 0.6) is 0 Å². The first-order valence-electron chi connectivity index (χ1n) is 11.5. The molecule has 0 radical (unpaired) electrons. The number of rotatable bonds is 5. The average molecular weight is 460 g/mol. The van der Waals surface area contributed by atoms with Crippen molar-refractivity contribution in [3.05, 3.63) is 59.6 Å². The number of ether oxygens (including phenoxy) is 1. The van der Waals surface area contributed by atoms with E-state index in [1.807, 2.05) is 24.3 Å². The van der Waals surface area contributed by atoms with Gasteiger partial charge in [-0.2, -0.15) is 4.98 Å². The molecule has 174 valence electrons. The van der Waals surface area contributed by atoms with Gasteiger partial charge in [0.2, 0.25) is 5.65 Å². The Labute approximate surface area is 195 Å². The SMILES string of the molecule is Nc1ccc(C2C=CC=C(C(=O)Nc3cc4oc(N5CCOCC5)nc4nc3C3CC3)N2)cn1. The van der Waals surface area contributed by atoms with Crippen LogP contribution in [0.15, 0.2) is 52.7 Å². The van der Waals surface area contributed by atoms with E-state index in [-0.39, 0.29) is 11.9 Å². The van der Waals surface area contributed by atoms with Gasteiger partial charge in [-0.15, -0.1) is 0 Å². The van der Waals surface area contributed by atoms with Gasteiger partial charge in [0.05, 0.1) is 30.6 Å². The predicted molar refractivity (Wildman–Crippen MR) is 127 cm³/mol. The van der Waals surface area contributed by atoms with Gasteiger partial charge in [-0.3, -0.25) is 4.79 Å². The van der Waals surface area contributed by atoms with E-state index >= 15 is 0 Å². The number of nitrogens with one attached hydrogen (secondary N) is 2. The molecule has 3 aromatic rings. The Morgan fingerprint density at radius 2 is 2.06 bits per heavy atom. The van der Waals surface area contributed by atoms with E-state index in [1.54, 1.807) is 18.3 Å². The van der Waals surface area contributed by atoms with E-state index in [9.17, 15) is 4.79 Å². The molecule has 0 aromatic carbocycles. The first-order valence-corrected chi connectivity index (χ1v) is 11.5. The third kappa shape index (κ3) is 4.08. The maximum Gasteiger partial charge on any atom is 0.300 e. The van der Waals surface area contributed by atoms with Crippen LogP contribution < -0.4 is 21.3 Å². The summed E-state index contributed by atoms with van der Waals surface area (Å²) in [7, 11) is 0. The topological polar surface area (TPSA) is 131 Å². The molecule has 1 amide bonds. The summed E-state index contributed by atoms with van der Waals surface area (Å²) in [4.78, 5) is 28.7. The summed E-state index contributed by atoms with van der Waals surface area (Å²) in [6.07, 6.45) is 9.38. The van der Waals surface area contributed by atoms with Crippen molar-refractivity contribution >= 4 is 34.7 Å². The Balaban J connectivity index is 1.24. The van der Waals surface area contributed by atoms with Crippen molar-refractivity contribution in [1.82, 2.24) is 20.3 Å². The highest BCUT2D eigenvalue weighted by Gasteiger charge is 2.31. The second kappa shape index (κ2) is 8.45. The van der Waals surface area contributed by atoms with Gasteiger partial charge < -0.3 is 30.4 Å². The maximum absolute atomic E-state index is 13.2. The molecule has 2 fully saturated rings. The lowest BCUT2D eigenvalue weighted by molar-refractivity contribution is -0.113. The zero-order valence-electron chi connectivity index (χ0n) is 18.5. The number of amides is 1.